The molecule has 0 radical (unpaired) electrons. The maximum Gasteiger partial charge on any atom is 0.365 e. The fraction of sp³-hybridized carbons (Fsp3) is 0.286. The molecule has 8 heteroatoms. The van der Waals surface area contributed by atoms with Gasteiger partial charge in [-0.25, -0.2) is 4.79 Å². The Labute approximate surface area is 169 Å². The molecule has 2 N–H and O–H groups in total. The van der Waals surface area contributed by atoms with Crippen LogP contribution >= 0.6 is 0 Å². The molecular weight excluding hydrogens is 376 g/mol. The summed E-state index contributed by atoms with van der Waals surface area (Å²) in [7, 11) is 1.36. The lowest BCUT2D eigenvalue weighted by atomic mass is 10.1. The second-order valence-corrected chi connectivity index (χ2v) is 6.24. The molecular formula is C21H24N2O6. The maximum absolute atomic E-state index is 12.6. The molecule has 8 nitrogen and oxygen atoms in total. The molecule has 0 aliphatic rings. The van der Waals surface area contributed by atoms with Crippen LogP contribution in [0, 0.1) is 0 Å². The molecule has 0 heterocycles. The zero-order chi connectivity index (χ0) is 21.2. The predicted octanol–water partition coefficient (Wildman–Crippen LogP) is 1.36. The van der Waals surface area contributed by atoms with Crippen LogP contribution in [0.2, 0.25) is 0 Å². The van der Waals surface area contributed by atoms with E-state index in [1.165, 1.54) is 7.11 Å². The van der Waals surface area contributed by atoms with Crippen LogP contribution < -0.4 is 5.32 Å². The molecule has 2 atom stereocenters. The van der Waals surface area contributed by atoms with Crippen LogP contribution in [-0.4, -0.2) is 47.7 Å². The quantitative estimate of drug-likeness (QED) is 0.649. The zero-order valence-corrected chi connectivity index (χ0v) is 16.3. The van der Waals surface area contributed by atoms with Crippen molar-refractivity contribution in [1.82, 2.24) is 10.4 Å². The van der Waals surface area contributed by atoms with Crippen LogP contribution in [-0.2, 0) is 30.5 Å². The van der Waals surface area contributed by atoms with E-state index in [2.05, 4.69) is 5.32 Å². The number of benzene rings is 2. The van der Waals surface area contributed by atoms with Crippen LogP contribution in [0.25, 0.3) is 0 Å². The lowest BCUT2D eigenvalue weighted by molar-refractivity contribution is -0.216. The van der Waals surface area contributed by atoms with Gasteiger partial charge >= 0.3 is 5.97 Å². The molecule has 2 aromatic carbocycles. The van der Waals surface area contributed by atoms with Crippen LogP contribution in [0.1, 0.15) is 24.2 Å². The van der Waals surface area contributed by atoms with Gasteiger partial charge in [0.15, 0.2) is 12.1 Å². The summed E-state index contributed by atoms with van der Waals surface area (Å²) in [5, 5.41) is 13.5. The number of ether oxygens (including phenoxy) is 1. The van der Waals surface area contributed by atoms with Crippen molar-refractivity contribution < 1.29 is 29.1 Å². The van der Waals surface area contributed by atoms with E-state index in [0.29, 0.717) is 10.6 Å². The minimum absolute atomic E-state index is 0.199. The fourth-order valence-electron chi connectivity index (χ4n) is 2.58. The van der Waals surface area contributed by atoms with E-state index < -0.39 is 29.9 Å². The number of methoxy groups -OCH3 is 1. The number of nitrogens with zero attached hydrogens (tertiary/aromatic N) is 1. The van der Waals surface area contributed by atoms with Crippen molar-refractivity contribution in [3.05, 3.63) is 71.8 Å². The van der Waals surface area contributed by atoms with Gasteiger partial charge in [0.2, 0.25) is 5.91 Å². The van der Waals surface area contributed by atoms with E-state index in [0.717, 1.165) is 12.5 Å². The topological polar surface area (TPSA) is 105 Å². The Morgan fingerprint density at radius 1 is 1.03 bits per heavy atom. The Morgan fingerprint density at radius 3 is 2.17 bits per heavy atom. The largest absolute Gasteiger partial charge is 0.382 e. The van der Waals surface area contributed by atoms with Crippen molar-refractivity contribution in [2.45, 2.75) is 25.6 Å². The average molecular weight is 400 g/mol. The first-order chi connectivity index (χ1) is 13.9. The van der Waals surface area contributed by atoms with Gasteiger partial charge < -0.3 is 20.0 Å². The Hall–Kier alpha value is -3.23. The molecule has 29 heavy (non-hydrogen) atoms. The summed E-state index contributed by atoms with van der Waals surface area (Å²) >= 11 is 0. The normalized spacial score (nSPS) is 12.5. The van der Waals surface area contributed by atoms with Gasteiger partial charge in [0.25, 0.3) is 5.91 Å². The number of nitrogens with one attached hydrogen (secondary N) is 1. The van der Waals surface area contributed by atoms with E-state index in [4.69, 9.17) is 9.57 Å². The first kappa shape index (κ1) is 22.1. The van der Waals surface area contributed by atoms with Crippen molar-refractivity contribution in [2.24, 2.45) is 0 Å². The molecule has 154 valence electrons. The number of hydrogen-bond donors (Lipinski definition) is 2. The number of aliphatic hydroxyl groups excluding tert-OH is 1. The molecule has 0 fully saturated rings. The predicted molar refractivity (Wildman–Crippen MR) is 104 cm³/mol. The number of hydroxylamine groups is 2. The van der Waals surface area contributed by atoms with Crippen molar-refractivity contribution in [2.75, 3.05) is 13.7 Å². The molecule has 0 aliphatic carbocycles. The van der Waals surface area contributed by atoms with Crippen LogP contribution in [0.3, 0.4) is 0 Å². The van der Waals surface area contributed by atoms with Crippen molar-refractivity contribution >= 4 is 17.8 Å². The number of amides is 2. The van der Waals surface area contributed by atoms with Gasteiger partial charge in [0.05, 0.1) is 6.61 Å². The standard InChI is InChI=1S/C21H24N2O6/c1-15(24)23(29-21(27)19(25)17-11-7-4-8-12-17)18(14-28-2)20(26)22-13-16-9-5-3-6-10-16/h3-12,18-19,25H,13-14H2,1-2H3,(H,22,26)/t18-,19-/m1/s1. The van der Waals surface area contributed by atoms with Crippen molar-refractivity contribution in [3.8, 4) is 0 Å². The first-order valence-corrected chi connectivity index (χ1v) is 8.99. The third kappa shape index (κ3) is 6.41. The summed E-state index contributed by atoms with van der Waals surface area (Å²) in [6.45, 7) is 1.18. The molecule has 0 bridgehead atoms. The van der Waals surface area contributed by atoms with E-state index in [-0.39, 0.29) is 13.2 Å². The fourth-order valence-corrected chi connectivity index (χ4v) is 2.58. The SMILES string of the molecule is COC[C@H](C(=O)NCc1ccccc1)N(OC(=O)[C@H](O)c1ccccc1)C(C)=O. The Kier molecular flexibility index (Phi) is 8.32. The minimum atomic E-state index is -1.60. The van der Waals surface area contributed by atoms with E-state index in [1.54, 1.807) is 30.3 Å². The van der Waals surface area contributed by atoms with Gasteiger partial charge in [-0.15, -0.1) is 0 Å². The second kappa shape index (κ2) is 10.9. The highest BCUT2D eigenvalue weighted by Crippen LogP contribution is 2.16. The summed E-state index contributed by atoms with van der Waals surface area (Å²) < 4.78 is 5.03. The van der Waals surface area contributed by atoms with Crippen LogP contribution in [0.15, 0.2) is 60.7 Å². The molecule has 0 aromatic heterocycles. The van der Waals surface area contributed by atoms with Crippen LogP contribution in [0.4, 0.5) is 0 Å². The molecule has 2 aromatic rings. The van der Waals surface area contributed by atoms with E-state index in [9.17, 15) is 19.5 Å². The molecule has 2 amide bonds. The Balaban J connectivity index is 2.10. The molecule has 0 unspecified atom stereocenters. The van der Waals surface area contributed by atoms with Gasteiger partial charge in [-0.3, -0.25) is 9.59 Å². The maximum atomic E-state index is 12.6. The summed E-state index contributed by atoms with van der Waals surface area (Å²) in [4.78, 5) is 42.1. The number of hydrogen-bond acceptors (Lipinski definition) is 6. The van der Waals surface area contributed by atoms with Gasteiger partial charge in [0.1, 0.15) is 0 Å². The summed E-state index contributed by atoms with van der Waals surface area (Å²) in [6, 6.07) is 16.1. The molecule has 0 aliphatic heterocycles. The Morgan fingerprint density at radius 2 is 1.62 bits per heavy atom. The average Bonchev–Trinajstić information content (AvgIpc) is 2.75. The second-order valence-electron chi connectivity index (χ2n) is 6.24. The summed E-state index contributed by atoms with van der Waals surface area (Å²) in [5.74, 6) is -2.33. The lowest BCUT2D eigenvalue weighted by Crippen LogP contribution is -2.52. The Bertz CT molecular complexity index is 812. The van der Waals surface area contributed by atoms with Crippen molar-refractivity contribution in [1.29, 1.82) is 0 Å². The van der Waals surface area contributed by atoms with E-state index >= 15 is 0 Å². The van der Waals surface area contributed by atoms with Crippen molar-refractivity contribution in [3.63, 3.8) is 0 Å². The highest BCUT2D eigenvalue weighted by molar-refractivity contribution is 5.87. The molecule has 0 saturated carbocycles. The molecule has 0 spiro atoms. The molecule has 0 saturated heterocycles. The molecule has 2 rings (SSSR count). The highest BCUT2D eigenvalue weighted by Gasteiger charge is 2.33. The number of aliphatic hydroxyl groups is 1. The summed E-state index contributed by atoms with van der Waals surface area (Å²) in [5.41, 5.74) is 1.17. The minimum Gasteiger partial charge on any atom is -0.382 e. The van der Waals surface area contributed by atoms with Gasteiger partial charge in [0, 0.05) is 20.6 Å². The monoisotopic (exact) mass is 400 g/mol. The van der Waals surface area contributed by atoms with Gasteiger partial charge in [-0.05, 0) is 11.1 Å². The van der Waals surface area contributed by atoms with Crippen LogP contribution in [0.5, 0.6) is 0 Å². The third-order valence-corrected chi connectivity index (χ3v) is 4.06. The first-order valence-electron chi connectivity index (χ1n) is 8.99. The van der Waals surface area contributed by atoms with Gasteiger partial charge in [-0.1, -0.05) is 60.7 Å². The highest BCUT2D eigenvalue weighted by atomic mass is 16.7. The number of carbonyl (C=O) groups excluding carboxylic acids is 3. The van der Waals surface area contributed by atoms with Gasteiger partial charge in [-0.2, -0.15) is 5.06 Å². The smallest absolute Gasteiger partial charge is 0.365 e. The zero-order valence-electron chi connectivity index (χ0n) is 16.3. The number of carbonyl (C=O) groups is 3. The number of rotatable bonds is 8. The lowest BCUT2D eigenvalue weighted by Gasteiger charge is -2.28. The summed E-state index contributed by atoms with van der Waals surface area (Å²) in [6.07, 6.45) is -1.60. The third-order valence-electron chi connectivity index (χ3n) is 4.06. The van der Waals surface area contributed by atoms with E-state index in [1.807, 2.05) is 30.3 Å².